The second-order valence-corrected chi connectivity index (χ2v) is 5.64. The second-order valence-electron chi connectivity index (χ2n) is 5.64. The van der Waals surface area contributed by atoms with E-state index >= 15 is 0 Å². The minimum absolute atomic E-state index is 0.0568. The van der Waals surface area contributed by atoms with Crippen LogP contribution in [0.15, 0.2) is 0 Å². The number of carbonyl (C=O) groups is 2. The lowest BCUT2D eigenvalue weighted by Gasteiger charge is -2.34. The predicted octanol–water partition coefficient (Wildman–Crippen LogP) is 2.31. The Hall–Kier alpha value is -1.26. The fourth-order valence-electron chi connectivity index (χ4n) is 3.39. The first-order valence-corrected chi connectivity index (χ1v) is 7.42. The SMILES string of the molecule is CCC1CCCN1C(=O)N(CC(=O)O)C1CCCC1. The minimum atomic E-state index is -0.910. The van der Waals surface area contributed by atoms with Gasteiger partial charge in [-0.2, -0.15) is 0 Å². The molecule has 0 bridgehead atoms. The molecule has 0 aromatic heterocycles. The molecular formula is C14H24N2O3. The molecule has 1 saturated carbocycles. The molecule has 0 aromatic rings. The molecule has 1 atom stereocenters. The van der Waals surface area contributed by atoms with Crippen LogP contribution in [-0.2, 0) is 4.79 Å². The molecule has 1 N–H and O–H groups in total. The maximum atomic E-state index is 12.6. The van der Waals surface area contributed by atoms with E-state index in [9.17, 15) is 9.59 Å². The normalized spacial score (nSPS) is 23.8. The van der Waals surface area contributed by atoms with E-state index in [2.05, 4.69) is 6.92 Å². The number of likely N-dealkylation sites (tertiary alicyclic amines) is 1. The summed E-state index contributed by atoms with van der Waals surface area (Å²) in [5.41, 5.74) is 0. The van der Waals surface area contributed by atoms with Gasteiger partial charge in [0.1, 0.15) is 6.54 Å². The quantitative estimate of drug-likeness (QED) is 0.851. The van der Waals surface area contributed by atoms with Crippen molar-refractivity contribution < 1.29 is 14.7 Å². The van der Waals surface area contributed by atoms with Crippen molar-refractivity contribution in [3.8, 4) is 0 Å². The maximum absolute atomic E-state index is 12.6. The Morgan fingerprint density at radius 1 is 1.21 bits per heavy atom. The molecule has 2 fully saturated rings. The lowest BCUT2D eigenvalue weighted by atomic mass is 10.1. The van der Waals surface area contributed by atoms with Crippen LogP contribution >= 0.6 is 0 Å². The Bertz CT molecular complexity index is 340. The Kier molecular flexibility index (Phi) is 4.66. The molecule has 0 aromatic carbocycles. The Morgan fingerprint density at radius 3 is 2.47 bits per heavy atom. The van der Waals surface area contributed by atoms with Gasteiger partial charge in [0.05, 0.1) is 0 Å². The van der Waals surface area contributed by atoms with E-state index in [4.69, 9.17) is 5.11 Å². The van der Waals surface area contributed by atoms with Crippen LogP contribution in [0, 0.1) is 0 Å². The molecule has 1 heterocycles. The number of aliphatic carboxylic acids is 1. The molecule has 19 heavy (non-hydrogen) atoms. The number of amides is 2. The van der Waals surface area contributed by atoms with Crippen molar-refractivity contribution in [2.75, 3.05) is 13.1 Å². The summed E-state index contributed by atoms with van der Waals surface area (Å²) in [6.07, 6.45) is 7.14. The molecule has 1 aliphatic carbocycles. The summed E-state index contributed by atoms with van der Waals surface area (Å²) in [6, 6.07) is 0.366. The largest absolute Gasteiger partial charge is 0.480 e. The van der Waals surface area contributed by atoms with Gasteiger partial charge in [0.2, 0.25) is 0 Å². The van der Waals surface area contributed by atoms with E-state index in [1.807, 2.05) is 4.90 Å². The highest BCUT2D eigenvalue weighted by molar-refractivity contribution is 5.81. The van der Waals surface area contributed by atoms with Crippen LogP contribution in [0.2, 0.25) is 0 Å². The molecule has 1 saturated heterocycles. The highest BCUT2D eigenvalue weighted by Gasteiger charge is 2.35. The molecule has 5 heteroatoms. The van der Waals surface area contributed by atoms with Crippen molar-refractivity contribution >= 4 is 12.0 Å². The molecular weight excluding hydrogens is 244 g/mol. The third kappa shape index (κ3) is 3.19. The number of nitrogens with zero attached hydrogens (tertiary/aromatic N) is 2. The Morgan fingerprint density at radius 2 is 1.89 bits per heavy atom. The summed E-state index contributed by atoms with van der Waals surface area (Å²) >= 11 is 0. The minimum Gasteiger partial charge on any atom is -0.480 e. The molecule has 0 radical (unpaired) electrons. The zero-order valence-corrected chi connectivity index (χ0v) is 11.7. The standard InChI is InChI=1S/C14H24N2O3/c1-2-11-8-5-9-15(11)14(19)16(10-13(17)18)12-6-3-4-7-12/h11-12H,2-10H2,1H3,(H,17,18). The van der Waals surface area contributed by atoms with Crippen molar-refractivity contribution in [2.45, 2.75) is 64.0 Å². The molecule has 2 rings (SSSR count). The van der Waals surface area contributed by atoms with Gasteiger partial charge in [-0.15, -0.1) is 0 Å². The zero-order chi connectivity index (χ0) is 13.8. The average Bonchev–Trinajstić information content (AvgIpc) is 3.05. The van der Waals surface area contributed by atoms with Crippen molar-refractivity contribution in [3.05, 3.63) is 0 Å². The molecule has 2 amide bonds. The van der Waals surface area contributed by atoms with Gasteiger partial charge in [-0.25, -0.2) is 4.79 Å². The van der Waals surface area contributed by atoms with E-state index in [-0.39, 0.29) is 18.6 Å². The number of hydrogen-bond acceptors (Lipinski definition) is 2. The number of hydrogen-bond donors (Lipinski definition) is 1. The summed E-state index contributed by atoms with van der Waals surface area (Å²) in [5, 5.41) is 9.05. The van der Waals surface area contributed by atoms with E-state index < -0.39 is 5.97 Å². The van der Waals surface area contributed by atoms with Crippen molar-refractivity contribution in [2.24, 2.45) is 0 Å². The molecule has 5 nitrogen and oxygen atoms in total. The lowest BCUT2D eigenvalue weighted by molar-refractivity contribution is -0.138. The second kappa shape index (κ2) is 6.26. The highest BCUT2D eigenvalue weighted by Crippen LogP contribution is 2.27. The third-order valence-electron chi connectivity index (χ3n) is 4.41. The van der Waals surface area contributed by atoms with Gasteiger partial charge in [0, 0.05) is 18.6 Å². The van der Waals surface area contributed by atoms with Gasteiger partial charge < -0.3 is 14.9 Å². The van der Waals surface area contributed by atoms with Crippen LogP contribution in [0.5, 0.6) is 0 Å². The first-order chi connectivity index (χ1) is 9.13. The van der Waals surface area contributed by atoms with Crippen molar-refractivity contribution in [1.82, 2.24) is 9.80 Å². The number of rotatable bonds is 4. The van der Waals surface area contributed by atoms with Gasteiger partial charge in [0.15, 0.2) is 0 Å². The first kappa shape index (κ1) is 14.2. The fourth-order valence-corrected chi connectivity index (χ4v) is 3.39. The van der Waals surface area contributed by atoms with Crippen LogP contribution in [0.4, 0.5) is 4.79 Å². The van der Waals surface area contributed by atoms with Crippen LogP contribution in [0.25, 0.3) is 0 Å². The fraction of sp³-hybridized carbons (Fsp3) is 0.857. The number of carboxylic acids is 1. The van der Waals surface area contributed by atoms with E-state index in [0.717, 1.165) is 51.5 Å². The van der Waals surface area contributed by atoms with E-state index in [0.29, 0.717) is 6.04 Å². The van der Waals surface area contributed by atoms with Crippen molar-refractivity contribution in [3.63, 3.8) is 0 Å². The van der Waals surface area contributed by atoms with Gasteiger partial charge in [0.25, 0.3) is 0 Å². The lowest BCUT2D eigenvalue weighted by Crippen LogP contribution is -2.50. The maximum Gasteiger partial charge on any atom is 0.323 e. The molecule has 0 spiro atoms. The monoisotopic (exact) mass is 268 g/mol. The van der Waals surface area contributed by atoms with Crippen LogP contribution in [0.1, 0.15) is 51.9 Å². The molecule has 1 aliphatic heterocycles. The van der Waals surface area contributed by atoms with Gasteiger partial charge >= 0.3 is 12.0 Å². The average molecular weight is 268 g/mol. The topological polar surface area (TPSA) is 60.9 Å². The number of carboxylic acid groups (broad SMARTS) is 1. The summed E-state index contributed by atoms with van der Waals surface area (Å²) in [6.45, 7) is 2.71. The predicted molar refractivity (Wildman–Crippen MR) is 72.0 cm³/mol. The smallest absolute Gasteiger partial charge is 0.323 e. The summed E-state index contributed by atoms with van der Waals surface area (Å²) in [4.78, 5) is 27.1. The first-order valence-electron chi connectivity index (χ1n) is 7.42. The number of urea groups is 1. The Labute approximate surface area is 114 Å². The molecule has 1 unspecified atom stereocenters. The molecule has 2 aliphatic rings. The van der Waals surface area contributed by atoms with E-state index in [1.54, 1.807) is 4.90 Å². The summed E-state index contributed by atoms with van der Waals surface area (Å²) < 4.78 is 0. The molecule has 108 valence electrons. The van der Waals surface area contributed by atoms with Crippen LogP contribution in [0.3, 0.4) is 0 Å². The zero-order valence-electron chi connectivity index (χ0n) is 11.7. The van der Waals surface area contributed by atoms with Gasteiger partial charge in [-0.05, 0) is 32.1 Å². The summed E-state index contributed by atoms with van der Waals surface area (Å²) in [5.74, 6) is -0.910. The highest BCUT2D eigenvalue weighted by atomic mass is 16.4. The number of carbonyl (C=O) groups excluding carboxylic acids is 1. The van der Waals surface area contributed by atoms with Crippen LogP contribution in [-0.4, -0.2) is 52.1 Å². The third-order valence-corrected chi connectivity index (χ3v) is 4.41. The summed E-state index contributed by atoms with van der Waals surface area (Å²) in [7, 11) is 0. The van der Waals surface area contributed by atoms with Gasteiger partial charge in [-0.3, -0.25) is 4.79 Å². The van der Waals surface area contributed by atoms with E-state index in [1.165, 1.54) is 0 Å². The Balaban J connectivity index is 2.07. The van der Waals surface area contributed by atoms with Crippen molar-refractivity contribution in [1.29, 1.82) is 0 Å². The van der Waals surface area contributed by atoms with Crippen LogP contribution < -0.4 is 0 Å². The van der Waals surface area contributed by atoms with Gasteiger partial charge in [-0.1, -0.05) is 19.8 Å².